The molecule has 0 aliphatic heterocycles. The van der Waals surface area contributed by atoms with Crippen molar-refractivity contribution in [3.8, 4) is 11.3 Å². The van der Waals surface area contributed by atoms with Crippen LogP contribution < -0.4 is 10.9 Å². The van der Waals surface area contributed by atoms with Gasteiger partial charge in [0.1, 0.15) is 0 Å². The highest BCUT2D eigenvalue weighted by molar-refractivity contribution is 5.67. The Morgan fingerprint density at radius 1 is 1.29 bits per heavy atom. The number of hydrogen-bond acceptors (Lipinski definition) is 3. The molecule has 2 aromatic rings. The molecule has 4 nitrogen and oxygen atoms in total. The maximum atomic E-state index is 12.7. The number of likely N-dealkylation sites (N-methyl/N-ethyl adjacent to an activating group) is 1. The van der Waals surface area contributed by atoms with E-state index in [9.17, 15) is 4.79 Å². The van der Waals surface area contributed by atoms with Crippen molar-refractivity contribution >= 4 is 0 Å². The second-order valence-corrected chi connectivity index (χ2v) is 5.43. The summed E-state index contributed by atoms with van der Waals surface area (Å²) < 4.78 is 1.73. The van der Waals surface area contributed by atoms with Gasteiger partial charge in [-0.3, -0.25) is 9.36 Å². The van der Waals surface area contributed by atoms with Gasteiger partial charge in [0.05, 0.1) is 12.0 Å². The van der Waals surface area contributed by atoms with Gasteiger partial charge in [-0.1, -0.05) is 31.2 Å². The normalized spacial score (nSPS) is 13.4. The molecular weight excluding hydrogens is 262 g/mol. The van der Waals surface area contributed by atoms with Crippen molar-refractivity contribution in [2.45, 2.75) is 32.7 Å². The third-order valence-corrected chi connectivity index (χ3v) is 4.06. The summed E-state index contributed by atoms with van der Waals surface area (Å²) in [5.41, 5.74) is 4.30. The number of benzene rings is 1. The highest BCUT2D eigenvalue weighted by Gasteiger charge is 2.18. The van der Waals surface area contributed by atoms with Gasteiger partial charge in [0, 0.05) is 24.2 Å². The minimum Gasteiger partial charge on any atom is -0.315 e. The van der Waals surface area contributed by atoms with Crippen LogP contribution >= 0.6 is 0 Å². The summed E-state index contributed by atoms with van der Waals surface area (Å²) in [6, 6.07) is 8.30. The highest BCUT2D eigenvalue weighted by atomic mass is 16.1. The first-order valence-electron chi connectivity index (χ1n) is 7.68. The SMILES string of the molecule is CCNCCn1cnc2c(c1=O)CCCc1ccccc1-2. The molecule has 0 atom stereocenters. The third-order valence-electron chi connectivity index (χ3n) is 4.06. The Morgan fingerprint density at radius 3 is 3.00 bits per heavy atom. The molecular formula is C17H21N3O. The zero-order valence-corrected chi connectivity index (χ0v) is 12.4. The molecule has 3 rings (SSSR count). The van der Waals surface area contributed by atoms with Gasteiger partial charge in [0.15, 0.2) is 0 Å². The zero-order chi connectivity index (χ0) is 14.7. The van der Waals surface area contributed by atoms with Crippen molar-refractivity contribution in [1.82, 2.24) is 14.9 Å². The summed E-state index contributed by atoms with van der Waals surface area (Å²) in [6.07, 6.45) is 4.54. The molecule has 0 radical (unpaired) electrons. The highest BCUT2D eigenvalue weighted by Crippen LogP contribution is 2.28. The van der Waals surface area contributed by atoms with Gasteiger partial charge in [-0.25, -0.2) is 4.98 Å². The van der Waals surface area contributed by atoms with E-state index >= 15 is 0 Å². The standard InChI is InChI=1S/C17H21N3O/c1-2-18-10-11-20-12-19-16-14-8-4-3-6-13(14)7-5-9-15(16)17(20)21/h3-4,6,8,12,18H,2,5,7,9-11H2,1H3. The van der Waals surface area contributed by atoms with Gasteiger partial charge < -0.3 is 5.32 Å². The lowest BCUT2D eigenvalue weighted by Crippen LogP contribution is -2.29. The maximum Gasteiger partial charge on any atom is 0.257 e. The van der Waals surface area contributed by atoms with Crippen LogP contribution in [-0.2, 0) is 19.4 Å². The molecule has 1 aromatic heterocycles. The number of rotatable bonds is 4. The van der Waals surface area contributed by atoms with Crippen molar-refractivity contribution in [2.75, 3.05) is 13.1 Å². The molecule has 0 fully saturated rings. The fraction of sp³-hybridized carbons (Fsp3) is 0.412. The van der Waals surface area contributed by atoms with E-state index < -0.39 is 0 Å². The first-order chi connectivity index (χ1) is 10.3. The molecule has 1 aliphatic rings. The minimum absolute atomic E-state index is 0.120. The largest absolute Gasteiger partial charge is 0.315 e. The number of nitrogens with zero attached hydrogens (tertiary/aromatic N) is 2. The Kier molecular flexibility index (Phi) is 4.15. The molecule has 110 valence electrons. The van der Waals surface area contributed by atoms with Gasteiger partial charge in [0.25, 0.3) is 5.56 Å². The molecule has 1 aliphatic carbocycles. The van der Waals surface area contributed by atoms with Crippen molar-refractivity contribution < 1.29 is 0 Å². The summed E-state index contributed by atoms with van der Waals surface area (Å²) in [5.74, 6) is 0. The molecule has 0 bridgehead atoms. The average Bonchev–Trinajstić information content (AvgIpc) is 2.70. The van der Waals surface area contributed by atoms with E-state index in [1.54, 1.807) is 10.9 Å². The lowest BCUT2D eigenvalue weighted by molar-refractivity contribution is 0.586. The van der Waals surface area contributed by atoms with E-state index in [-0.39, 0.29) is 5.56 Å². The van der Waals surface area contributed by atoms with Crippen LogP contribution in [0.1, 0.15) is 24.5 Å². The fourth-order valence-corrected chi connectivity index (χ4v) is 2.95. The summed E-state index contributed by atoms with van der Waals surface area (Å²) in [5, 5.41) is 3.24. The van der Waals surface area contributed by atoms with Crippen LogP contribution in [0, 0.1) is 0 Å². The zero-order valence-electron chi connectivity index (χ0n) is 12.4. The summed E-state index contributed by atoms with van der Waals surface area (Å²) in [7, 11) is 0. The molecule has 4 heteroatoms. The molecule has 0 spiro atoms. The molecule has 0 amide bonds. The predicted molar refractivity (Wildman–Crippen MR) is 84.5 cm³/mol. The van der Waals surface area contributed by atoms with Crippen molar-refractivity contribution in [3.05, 3.63) is 52.1 Å². The minimum atomic E-state index is 0.120. The summed E-state index contributed by atoms with van der Waals surface area (Å²) >= 11 is 0. The van der Waals surface area contributed by atoms with E-state index in [4.69, 9.17) is 0 Å². The number of nitrogens with one attached hydrogen (secondary N) is 1. The van der Waals surface area contributed by atoms with E-state index in [2.05, 4.69) is 35.4 Å². The lowest BCUT2D eigenvalue weighted by atomic mass is 10.0. The third kappa shape index (κ3) is 2.76. The Hall–Kier alpha value is -1.94. The smallest absolute Gasteiger partial charge is 0.257 e. The second-order valence-electron chi connectivity index (χ2n) is 5.43. The molecule has 1 N–H and O–H groups in total. The second kappa shape index (κ2) is 6.22. The summed E-state index contributed by atoms with van der Waals surface area (Å²) in [4.78, 5) is 17.3. The van der Waals surface area contributed by atoms with Gasteiger partial charge in [-0.2, -0.15) is 0 Å². The Morgan fingerprint density at radius 2 is 2.14 bits per heavy atom. The van der Waals surface area contributed by atoms with Gasteiger partial charge >= 0.3 is 0 Å². The topological polar surface area (TPSA) is 46.9 Å². The van der Waals surface area contributed by atoms with E-state index in [0.717, 1.165) is 49.2 Å². The van der Waals surface area contributed by atoms with Gasteiger partial charge in [-0.05, 0) is 31.4 Å². The van der Waals surface area contributed by atoms with Crippen LogP contribution in [0.15, 0.2) is 35.4 Å². The van der Waals surface area contributed by atoms with Gasteiger partial charge in [0.2, 0.25) is 0 Å². The lowest BCUT2D eigenvalue weighted by Gasteiger charge is -2.11. The van der Waals surface area contributed by atoms with Crippen molar-refractivity contribution in [2.24, 2.45) is 0 Å². The van der Waals surface area contributed by atoms with E-state index in [1.807, 2.05) is 6.07 Å². The predicted octanol–water partition coefficient (Wildman–Crippen LogP) is 2.01. The van der Waals surface area contributed by atoms with E-state index in [0.29, 0.717) is 6.54 Å². The summed E-state index contributed by atoms with van der Waals surface area (Å²) in [6.45, 7) is 4.46. The molecule has 0 unspecified atom stereocenters. The average molecular weight is 283 g/mol. The maximum absolute atomic E-state index is 12.7. The Bertz CT molecular complexity index is 691. The first-order valence-corrected chi connectivity index (χ1v) is 7.68. The number of fused-ring (bicyclic) bond motifs is 3. The number of aromatic nitrogens is 2. The molecule has 1 heterocycles. The molecule has 1 aromatic carbocycles. The van der Waals surface area contributed by atoms with Crippen LogP contribution in [-0.4, -0.2) is 22.6 Å². The Balaban J connectivity index is 2.02. The van der Waals surface area contributed by atoms with Crippen LogP contribution in [0.25, 0.3) is 11.3 Å². The quantitative estimate of drug-likeness (QED) is 0.873. The van der Waals surface area contributed by atoms with Crippen LogP contribution in [0.3, 0.4) is 0 Å². The monoisotopic (exact) mass is 283 g/mol. The van der Waals surface area contributed by atoms with Crippen LogP contribution in [0.2, 0.25) is 0 Å². The van der Waals surface area contributed by atoms with Crippen molar-refractivity contribution in [3.63, 3.8) is 0 Å². The Labute approximate surface area is 124 Å². The number of aryl methyl sites for hydroxylation is 1. The molecule has 0 saturated carbocycles. The fourth-order valence-electron chi connectivity index (χ4n) is 2.95. The first kappa shape index (κ1) is 14.0. The van der Waals surface area contributed by atoms with E-state index in [1.165, 1.54) is 5.56 Å². The molecule has 0 saturated heterocycles. The molecule has 21 heavy (non-hydrogen) atoms. The van der Waals surface area contributed by atoms with Crippen LogP contribution in [0.5, 0.6) is 0 Å². The van der Waals surface area contributed by atoms with Crippen molar-refractivity contribution in [1.29, 1.82) is 0 Å². The van der Waals surface area contributed by atoms with Crippen LogP contribution in [0.4, 0.5) is 0 Å². The number of hydrogen-bond donors (Lipinski definition) is 1. The van der Waals surface area contributed by atoms with Gasteiger partial charge in [-0.15, -0.1) is 0 Å².